The molecule has 0 atom stereocenters. The van der Waals surface area contributed by atoms with Gasteiger partial charge in [0.15, 0.2) is 5.16 Å². The highest BCUT2D eigenvalue weighted by Gasteiger charge is 2.20. The van der Waals surface area contributed by atoms with Crippen molar-refractivity contribution >= 4 is 34.7 Å². The number of nitrogens with one attached hydrogen (secondary N) is 1. The highest BCUT2D eigenvalue weighted by Crippen LogP contribution is 2.34. The number of hydrogen-bond donors (Lipinski definition) is 1. The van der Waals surface area contributed by atoms with Gasteiger partial charge in [0.2, 0.25) is 0 Å². The summed E-state index contributed by atoms with van der Waals surface area (Å²) in [6, 6.07) is 11.9. The van der Waals surface area contributed by atoms with Crippen molar-refractivity contribution < 1.29 is 14.5 Å². The molecule has 0 aliphatic carbocycles. The molecule has 0 radical (unpaired) electrons. The number of hydrogen-bond acceptors (Lipinski definition) is 8. The van der Waals surface area contributed by atoms with Gasteiger partial charge in [-0.2, -0.15) is 0 Å². The van der Waals surface area contributed by atoms with Crippen molar-refractivity contribution in [1.82, 2.24) is 14.8 Å². The van der Waals surface area contributed by atoms with Gasteiger partial charge in [0.25, 0.3) is 11.6 Å². The fraction of sp³-hybridized carbons (Fsp3) is 0.250. The number of rotatable bonds is 6. The van der Waals surface area contributed by atoms with Crippen molar-refractivity contribution in [2.24, 2.45) is 7.05 Å². The lowest BCUT2D eigenvalue weighted by atomic mass is 10.1. The summed E-state index contributed by atoms with van der Waals surface area (Å²) in [5.41, 5.74) is 1.64. The molecule has 11 heteroatoms. The molecule has 10 nitrogen and oxygen atoms in total. The van der Waals surface area contributed by atoms with Crippen molar-refractivity contribution in [3.05, 3.63) is 64.5 Å². The maximum Gasteiger partial charge on any atom is 0.284 e. The molecule has 31 heavy (non-hydrogen) atoms. The van der Waals surface area contributed by atoms with Crippen LogP contribution in [0, 0.1) is 10.1 Å². The minimum absolute atomic E-state index is 0.164. The first-order chi connectivity index (χ1) is 15.0. The quantitative estimate of drug-likeness (QED) is 0.459. The second-order valence-electron chi connectivity index (χ2n) is 6.87. The topological polar surface area (TPSA) is 115 Å². The van der Waals surface area contributed by atoms with Gasteiger partial charge in [-0.15, -0.1) is 10.2 Å². The Kier molecular flexibility index (Phi) is 6.14. The van der Waals surface area contributed by atoms with Crippen molar-refractivity contribution in [2.45, 2.75) is 10.1 Å². The smallest absolute Gasteiger partial charge is 0.284 e. The predicted octanol–water partition coefficient (Wildman–Crippen LogP) is 2.96. The number of anilines is 2. The van der Waals surface area contributed by atoms with E-state index in [1.807, 2.05) is 18.2 Å². The summed E-state index contributed by atoms with van der Waals surface area (Å²) in [6.07, 6.45) is 1.51. The Morgan fingerprint density at radius 1 is 1.23 bits per heavy atom. The van der Waals surface area contributed by atoms with Crippen molar-refractivity contribution in [1.29, 1.82) is 0 Å². The van der Waals surface area contributed by atoms with Gasteiger partial charge in [-0.3, -0.25) is 14.9 Å². The third kappa shape index (κ3) is 4.84. The number of carbonyl (C=O) groups excluding carboxylic acids is 1. The fourth-order valence-electron chi connectivity index (χ4n) is 3.16. The first-order valence-electron chi connectivity index (χ1n) is 9.55. The molecular formula is C20H20N6O4S. The molecule has 0 bridgehead atoms. The Labute approximate surface area is 182 Å². The standard InChI is InChI=1S/C20H20N6O4S/c1-24-13-21-23-20(24)31-18-6-5-14(11-17(18)26(28)29)19(27)22-15-3-2-4-16(12-15)25-7-9-30-10-8-25/h2-6,11-13H,7-10H2,1H3,(H,22,27). The third-order valence-corrected chi connectivity index (χ3v) is 5.89. The minimum atomic E-state index is -0.505. The molecule has 2 aromatic carbocycles. The number of morpholine rings is 1. The summed E-state index contributed by atoms with van der Waals surface area (Å²) in [5.74, 6) is -0.419. The number of amides is 1. The van der Waals surface area contributed by atoms with Crippen LogP contribution in [0.25, 0.3) is 0 Å². The van der Waals surface area contributed by atoms with Gasteiger partial charge in [-0.25, -0.2) is 0 Å². The van der Waals surface area contributed by atoms with E-state index in [1.54, 1.807) is 29.8 Å². The second-order valence-corrected chi connectivity index (χ2v) is 7.88. The molecule has 2 heterocycles. The minimum Gasteiger partial charge on any atom is -0.378 e. The number of ether oxygens (including phenoxy) is 1. The monoisotopic (exact) mass is 440 g/mol. The van der Waals surface area contributed by atoms with E-state index < -0.39 is 10.8 Å². The third-order valence-electron chi connectivity index (χ3n) is 4.77. The summed E-state index contributed by atoms with van der Waals surface area (Å²) in [5, 5.41) is 22.6. The number of aryl methyl sites for hydroxylation is 1. The van der Waals surface area contributed by atoms with E-state index >= 15 is 0 Å². The summed E-state index contributed by atoms with van der Waals surface area (Å²) in [7, 11) is 1.75. The molecule has 0 saturated carbocycles. The number of carbonyl (C=O) groups is 1. The number of benzene rings is 2. The Morgan fingerprint density at radius 2 is 2.03 bits per heavy atom. The number of nitrogens with zero attached hydrogens (tertiary/aromatic N) is 5. The van der Waals surface area contributed by atoms with Crippen LogP contribution in [0.3, 0.4) is 0 Å². The summed E-state index contributed by atoms with van der Waals surface area (Å²) in [4.78, 5) is 26.4. The van der Waals surface area contributed by atoms with E-state index in [4.69, 9.17) is 4.74 Å². The van der Waals surface area contributed by atoms with Crippen molar-refractivity contribution in [3.8, 4) is 0 Å². The van der Waals surface area contributed by atoms with Gasteiger partial charge in [-0.1, -0.05) is 6.07 Å². The van der Waals surface area contributed by atoms with Crippen LogP contribution in [0.15, 0.2) is 58.8 Å². The molecule has 1 N–H and O–H groups in total. The SMILES string of the molecule is Cn1cnnc1Sc1ccc(C(=O)Nc2cccc(N3CCOCC3)c2)cc1[N+](=O)[O-]. The maximum absolute atomic E-state index is 12.8. The first-order valence-corrected chi connectivity index (χ1v) is 10.4. The van der Waals surface area contributed by atoms with Crippen LogP contribution >= 0.6 is 11.8 Å². The summed E-state index contributed by atoms with van der Waals surface area (Å²) >= 11 is 1.12. The molecule has 1 aromatic heterocycles. The Balaban J connectivity index is 1.52. The van der Waals surface area contributed by atoms with Gasteiger partial charge in [-0.05, 0) is 42.1 Å². The molecule has 160 valence electrons. The molecule has 0 unspecified atom stereocenters. The number of nitro benzene ring substituents is 1. The predicted molar refractivity (Wildman–Crippen MR) is 116 cm³/mol. The molecule has 3 aromatic rings. The summed E-state index contributed by atoms with van der Waals surface area (Å²) in [6.45, 7) is 2.90. The van der Waals surface area contributed by atoms with Gasteiger partial charge in [0.05, 0.1) is 23.0 Å². The number of aromatic nitrogens is 3. The van der Waals surface area contributed by atoms with E-state index in [9.17, 15) is 14.9 Å². The molecule has 1 aliphatic heterocycles. The molecule has 4 rings (SSSR count). The zero-order valence-electron chi connectivity index (χ0n) is 16.7. The molecular weight excluding hydrogens is 420 g/mol. The molecule has 1 fully saturated rings. The van der Waals surface area contributed by atoms with Crippen LogP contribution in [0.1, 0.15) is 10.4 Å². The van der Waals surface area contributed by atoms with Crippen LogP contribution in [0.5, 0.6) is 0 Å². The maximum atomic E-state index is 12.8. The highest BCUT2D eigenvalue weighted by atomic mass is 32.2. The summed E-state index contributed by atoms with van der Waals surface area (Å²) < 4.78 is 7.04. The Bertz CT molecular complexity index is 1110. The van der Waals surface area contributed by atoms with E-state index in [2.05, 4.69) is 20.4 Å². The molecule has 1 aliphatic rings. The second kappa shape index (κ2) is 9.14. The van der Waals surface area contributed by atoms with Crippen LogP contribution in [-0.2, 0) is 11.8 Å². The van der Waals surface area contributed by atoms with Gasteiger partial charge in [0, 0.05) is 43.1 Å². The van der Waals surface area contributed by atoms with Crippen LogP contribution < -0.4 is 10.2 Å². The van der Waals surface area contributed by atoms with Gasteiger partial charge >= 0.3 is 0 Å². The lowest BCUT2D eigenvalue weighted by Crippen LogP contribution is -2.36. The lowest BCUT2D eigenvalue weighted by Gasteiger charge is -2.29. The highest BCUT2D eigenvalue weighted by molar-refractivity contribution is 7.99. The molecule has 0 spiro atoms. The Hall–Kier alpha value is -3.44. The van der Waals surface area contributed by atoms with E-state index in [-0.39, 0.29) is 11.3 Å². The largest absolute Gasteiger partial charge is 0.378 e. The van der Waals surface area contributed by atoms with Gasteiger partial charge in [0.1, 0.15) is 6.33 Å². The first kappa shape index (κ1) is 20.8. The van der Waals surface area contributed by atoms with Crippen LogP contribution in [0.2, 0.25) is 0 Å². The van der Waals surface area contributed by atoms with Crippen LogP contribution in [0.4, 0.5) is 17.1 Å². The number of nitro groups is 1. The zero-order chi connectivity index (χ0) is 21.8. The van der Waals surface area contributed by atoms with E-state index in [0.717, 1.165) is 30.5 Å². The zero-order valence-corrected chi connectivity index (χ0v) is 17.5. The average molecular weight is 440 g/mol. The van der Waals surface area contributed by atoms with E-state index in [0.29, 0.717) is 29.0 Å². The Morgan fingerprint density at radius 3 is 2.74 bits per heavy atom. The fourth-order valence-corrected chi connectivity index (χ4v) is 4.01. The molecule has 1 saturated heterocycles. The van der Waals surface area contributed by atoms with E-state index in [1.165, 1.54) is 12.4 Å². The van der Waals surface area contributed by atoms with Crippen molar-refractivity contribution in [2.75, 3.05) is 36.5 Å². The van der Waals surface area contributed by atoms with Crippen LogP contribution in [-0.4, -0.2) is 51.9 Å². The average Bonchev–Trinajstić information content (AvgIpc) is 3.19. The lowest BCUT2D eigenvalue weighted by molar-refractivity contribution is -0.387. The van der Waals surface area contributed by atoms with Crippen molar-refractivity contribution in [3.63, 3.8) is 0 Å². The normalized spacial score (nSPS) is 13.8. The molecule has 1 amide bonds. The van der Waals surface area contributed by atoms with Gasteiger partial charge < -0.3 is 19.5 Å².